The van der Waals surface area contributed by atoms with Gasteiger partial charge in [-0.15, -0.1) is 0 Å². The summed E-state index contributed by atoms with van der Waals surface area (Å²) in [5.74, 6) is 0.563. The van der Waals surface area contributed by atoms with Gasteiger partial charge in [0.25, 0.3) is 0 Å². The van der Waals surface area contributed by atoms with Gasteiger partial charge in [0.15, 0.2) is 5.15 Å². The number of piperazine rings is 1. The van der Waals surface area contributed by atoms with Crippen LogP contribution in [0.25, 0.3) is 5.52 Å². The number of ether oxygens (including phenoxy) is 2. The molecule has 3 heterocycles. The molecule has 30 heavy (non-hydrogen) atoms. The van der Waals surface area contributed by atoms with E-state index in [-0.39, 0.29) is 13.1 Å². The first-order chi connectivity index (χ1) is 13.9. The first kappa shape index (κ1) is 22.1. The average molecular weight is 438 g/mol. The lowest BCUT2D eigenvalue weighted by molar-refractivity contribution is -0.0164. The third kappa shape index (κ3) is 4.95. The molecule has 3 rings (SSSR count). The van der Waals surface area contributed by atoms with Crippen LogP contribution in [-0.4, -0.2) is 67.2 Å². The van der Waals surface area contributed by atoms with Crippen molar-refractivity contribution < 1.29 is 19.1 Å². The van der Waals surface area contributed by atoms with Gasteiger partial charge in [-0.3, -0.25) is 9.30 Å². The van der Waals surface area contributed by atoms with E-state index in [2.05, 4.69) is 9.97 Å². The number of hydrogen-bond donors (Lipinski definition) is 0. The van der Waals surface area contributed by atoms with Crippen LogP contribution < -0.4 is 0 Å². The number of imidazole rings is 1. The first-order valence-corrected chi connectivity index (χ1v) is 10.2. The van der Waals surface area contributed by atoms with Crippen LogP contribution in [0.2, 0.25) is 5.15 Å². The quantitative estimate of drug-likeness (QED) is 0.671. The Balaban J connectivity index is 1.95. The molecule has 10 heteroatoms. The Morgan fingerprint density at radius 2 is 1.67 bits per heavy atom. The van der Waals surface area contributed by atoms with Crippen LogP contribution >= 0.6 is 11.6 Å². The van der Waals surface area contributed by atoms with E-state index in [0.29, 0.717) is 23.0 Å². The number of nitrogens with zero attached hydrogens (tertiary/aromatic N) is 5. The molecule has 2 amide bonds. The summed E-state index contributed by atoms with van der Waals surface area (Å²) in [4.78, 5) is 37.3. The molecule has 164 valence electrons. The zero-order valence-corrected chi connectivity index (χ0v) is 18.9. The second-order valence-electron chi connectivity index (χ2n) is 9.21. The lowest BCUT2D eigenvalue weighted by Crippen LogP contribution is -2.54. The number of hydrogen-bond acceptors (Lipinski definition) is 6. The molecule has 1 saturated heterocycles. The summed E-state index contributed by atoms with van der Waals surface area (Å²) < 4.78 is 12.9. The molecule has 0 aliphatic carbocycles. The van der Waals surface area contributed by atoms with Crippen molar-refractivity contribution in [3.05, 3.63) is 29.6 Å². The van der Waals surface area contributed by atoms with Crippen LogP contribution in [-0.2, 0) is 9.47 Å². The number of fused-ring (bicyclic) bond motifs is 1. The molecule has 1 unspecified atom stereocenters. The van der Waals surface area contributed by atoms with Crippen LogP contribution in [0.15, 0.2) is 18.6 Å². The molecule has 0 aromatic carbocycles. The third-order valence-corrected chi connectivity index (χ3v) is 4.69. The Labute approximate surface area is 180 Å². The van der Waals surface area contributed by atoms with Gasteiger partial charge < -0.3 is 14.4 Å². The van der Waals surface area contributed by atoms with Crippen molar-refractivity contribution in [1.82, 2.24) is 24.2 Å². The molecule has 0 bridgehead atoms. The highest BCUT2D eigenvalue weighted by molar-refractivity contribution is 6.32. The summed E-state index contributed by atoms with van der Waals surface area (Å²) in [5.41, 5.74) is -0.646. The van der Waals surface area contributed by atoms with E-state index in [9.17, 15) is 9.59 Å². The lowest BCUT2D eigenvalue weighted by Gasteiger charge is -2.41. The molecule has 1 atom stereocenters. The topological polar surface area (TPSA) is 89.3 Å². The zero-order valence-electron chi connectivity index (χ0n) is 18.2. The molecule has 1 aliphatic rings. The summed E-state index contributed by atoms with van der Waals surface area (Å²) in [5, 5.41) is 0.305. The summed E-state index contributed by atoms with van der Waals surface area (Å²) in [6.07, 6.45) is 3.99. The molecule has 9 nitrogen and oxygen atoms in total. The van der Waals surface area contributed by atoms with Crippen molar-refractivity contribution in [2.45, 2.75) is 58.8 Å². The maximum atomic E-state index is 12.9. The van der Waals surface area contributed by atoms with Crippen LogP contribution in [0.1, 0.15) is 53.4 Å². The van der Waals surface area contributed by atoms with Gasteiger partial charge in [-0.1, -0.05) is 11.6 Å². The standard InChI is InChI=1S/C20H28ClN5O4/c1-19(2,3)29-17(27)24-9-10-26(18(28)30-20(4,5)6)14(12-24)16-23-11-13-15(21)22-7-8-25(13)16/h7-8,11,14H,9-10,12H2,1-6H3. The zero-order chi connectivity index (χ0) is 22.3. The Kier molecular flexibility index (Phi) is 5.86. The molecule has 0 spiro atoms. The molecular weight excluding hydrogens is 410 g/mol. The van der Waals surface area contributed by atoms with Crippen molar-refractivity contribution >= 4 is 29.3 Å². The number of carbonyl (C=O) groups is 2. The molecular formula is C20H28ClN5O4. The maximum Gasteiger partial charge on any atom is 0.411 e. The van der Waals surface area contributed by atoms with Crippen molar-refractivity contribution in [3.63, 3.8) is 0 Å². The first-order valence-electron chi connectivity index (χ1n) is 9.81. The minimum Gasteiger partial charge on any atom is -0.444 e. The highest BCUT2D eigenvalue weighted by Gasteiger charge is 2.39. The third-order valence-electron chi connectivity index (χ3n) is 4.40. The number of amides is 2. The van der Waals surface area contributed by atoms with Crippen molar-refractivity contribution in [1.29, 1.82) is 0 Å². The van der Waals surface area contributed by atoms with Crippen molar-refractivity contribution in [2.75, 3.05) is 19.6 Å². The molecule has 0 radical (unpaired) electrons. The van der Waals surface area contributed by atoms with E-state index in [1.54, 1.807) is 32.8 Å². The molecule has 1 fully saturated rings. The van der Waals surface area contributed by atoms with E-state index >= 15 is 0 Å². The van der Waals surface area contributed by atoms with Gasteiger partial charge in [0.1, 0.15) is 28.6 Å². The minimum atomic E-state index is -0.647. The Morgan fingerprint density at radius 1 is 1.03 bits per heavy atom. The monoisotopic (exact) mass is 437 g/mol. The van der Waals surface area contributed by atoms with E-state index in [1.807, 2.05) is 41.5 Å². The number of aromatic nitrogens is 3. The fourth-order valence-corrected chi connectivity index (χ4v) is 3.39. The number of rotatable bonds is 1. The van der Waals surface area contributed by atoms with E-state index < -0.39 is 29.4 Å². The van der Waals surface area contributed by atoms with Gasteiger partial charge in [0, 0.05) is 25.5 Å². The normalized spacial score (nSPS) is 17.9. The van der Waals surface area contributed by atoms with Gasteiger partial charge in [-0.2, -0.15) is 0 Å². The largest absolute Gasteiger partial charge is 0.444 e. The molecule has 1 aliphatic heterocycles. The summed E-state index contributed by atoms with van der Waals surface area (Å²) in [6.45, 7) is 11.7. The van der Waals surface area contributed by atoms with Crippen LogP contribution in [0, 0.1) is 0 Å². The average Bonchev–Trinajstić information content (AvgIpc) is 3.03. The summed E-state index contributed by atoms with van der Waals surface area (Å²) in [7, 11) is 0. The van der Waals surface area contributed by atoms with Crippen LogP contribution in [0.4, 0.5) is 9.59 Å². The predicted octanol–water partition coefficient (Wildman–Crippen LogP) is 3.91. The van der Waals surface area contributed by atoms with Crippen molar-refractivity contribution in [3.8, 4) is 0 Å². The fraction of sp³-hybridized carbons (Fsp3) is 0.600. The van der Waals surface area contributed by atoms with Gasteiger partial charge in [0.2, 0.25) is 0 Å². The fourth-order valence-electron chi connectivity index (χ4n) is 3.20. The predicted molar refractivity (Wildman–Crippen MR) is 111 cm³/mol. The Bertz CT molecular complexity index is 947. The van der Waals surface area contributed by atoms with E-state index in [1.165, 1.54) is 0 Å². The Morgan fingerprint density at radius 3 is 2.30 bits per heavy atom. The van der Waals surface area contributed by atoms with Crippen LogP contribution in [0.5, 0.6) is 0 Å². The molecule has 0 N–H and O–H groups in total. The molecule has 0 saturated carbocycles. The molecule has 2 aromatic heterocycles. The van der Waals surface area contributed by atoms with Crippen molar-refractivity contribution in [2.24, 2.45) is 0 Å². The van der Waals surface area contributed by atoms with Gasteiger partial charge in [-0.25, -0.2) is 19.6 Å². The lowest BCUT2D eigenvalue weighted by atomic mass is 10.1. The summed E-state index contributed by atoms with van der Waals surface area (Å²) in [6, 6.07) is -0.540. The maximum absolute atomic E-state index is 12.9. The second-order valence-corrected chi connectivity index (χ2v) is 9.56. The SMILES string of the molecule is CC(C)(C)OC(=O)N1CCN(C(=O)OC(C)(C)C)C(c2ncc3c(Cl)nccn23)C1. The Hall–Kier alpha value is -2.55. The van der Waals surface area contributed by atoms with Crippen LogP contribution in [0.3, 0.4) is 0 Å². The molecule has 2 aromatic rings. The van der Waals surface area contributed by atoms with Gasteiger partial charge in [0.05, 0.1) is 12.7 Å². The minimum absolute atomic E-state index is 0.215. The van der Waals surface area contributed by atoms with Gasteiger partial charge >= 0.3 is 12.2 Å². The highest BCUT2D eigenvalue weighted by atomic mass is 35.5. The van der Waals surface area contributed by atoms with E-state index in [0.717, 1.165) is 0 Å². The van der Waals surface area contributed by atoms with Gasteiger partial charge in [-0.05, 0) is 41.5 Å². The highest BCUT2D eigenvalue weighted by Crippen LogP contribution is 2.29. The summed E-state index contributed by atoms with van der Waals surface area (Å²) >= 11 is 6.19. The van der Waals surface area contributed by atoms with E-state index in [4.69, 9.17) is 21.1 Å². The smallest absolute Gasteiger partial charge is 0.411 e. The number of carbonyl (C=O) groups excluding carboxylic acids is 2. The second kappa shape index (κ2) is 7.94. The number of halogens is 1.